The van der Waals surface area contributed by atoms with Crippen molar-refractivity contribution in [3.05, 3.63) is 58.6 Å². The van der Waals surface area contributed by atoms with E-state index in [1.54, 1.807) is 24.4 Å². The van der Waals surface area contributed by atoms with Crippen LogP contribution in [0, 0.1) is 6.92 Å². The molecule has 2 aromatic carbocycles. The summed E-state index contributed by atoms with van der Waals surface area (Å²) >= 11 is 5.94. The van der Waals surface area contributed by atoms with Crippen LogP contribution >= 0.6 is 11.6 Å². The zero-order valence-corrected chi connectivity index (χ0v) is 14.7. The van der Waals surface area contributed by atoms with Crippen LogP contribution in [0.4, 0.5) is 5.69 Å². The molecule has 0 heterocycles. The topological polar surface area (TPSA) is 53.9 Å². The third kappa shape index (κ3) is 5.28. The lowest BCUT2D eigenvalue weighted by Crippen LogP contribution is -2.24. The van der Waals surface area contributed by atoms with Gasteiger partial charge in [-0.3, -0.25) is 4.79 Å². The van der Waals surface area contributed by atoms with E-state index in [4.69, 9.17) is 16.3 Å². The molecule has 0 saturated carbocycles. The van der Waals surface area contributed by atoms with E-state index in [-0.39, 0.29) is 12.5 Å². The van der Waals surface area contributed by atoms with Gasteiger partial charge in [0.15, 0.2) is 6.61 Å². The SMILES string of the molecule is Cc1cc(OCC(=O)N/N=C\c2ccc(N(C)C)cc2)ccc1Cl. The Bertz CT molecular complexity index is 728. The highest BCUT2D eigenvalue weighted by Gasteiger charge is 2.03. The summed E-state index contributed by atoms with van der Waals surface area (Å²) in [5.41, 5.74) is 5.33. The van der Waals surface area contributed by atoms with E-state index < -0.39 is 0 Å². The molecule has 2 rings (SSSR count). The number of carbonyl (C=O) groups excluding carboxylic acids is 1. The molecule has 0 fully saturated rings. The van der Waals surface area contributed by atoms with Crippen LogP contribution in [-0.2, 0) is 4.79 Å². The summed E-state index contributed by atoms with van der Waals surface area (Å²) in [5, 5.41) is 4.58. The van der Waals surface area contributed by atoms with Gasteiger partial charge in [-0.25, -0.2) is 5.43 Å². The molecule has 0 aliphatic carbocycles. The molecule has 0 saturated heterocycles. The normalized spacial score (nSPS) is 10.7. The number of nitrogens with one attached hydrogen (secondary N) is 1. The molecule has 0 unspecified atom stereocenters. The minimum absolute atomic E-state index is 0.113. The number of nitrogens with zero attached hydrogens (tertiary/aromatic N) is 2. The summed E-state index contributed by atoms with van der Waals surface area (Å²) in [6.07, 6.45) is 1.59. The van der Waals surface area contributed by atoms with Crippen molar-refractivity contribution >= 4 is 29.4 Å². The van der Waals surface area contributed by atoms with Crippen LogP contribution in [0.15, 0.2) is 47.6 Å². The number of benzene rings is 2. The summed E-state index contributed by atoms with van der Waals surface area (Å²) in [6.45, 7) is 1.76. The molecule has 0 aliphatic heterocycles. The van der Waals surface area contributed by atoms with Crippen molar-refractivity contribution in [2.45, 2.75) is 6.92 Å². The number of halogens is 1. The lowest BCUT2D eigenvalue weighted by Gasteiger charge is -2.11. The van der Waals surface area contributed by atoms with Crippen LogP contribution in [-0.4, -0.2) is 32.8 Å². The Morgan fingerprint density at radius 2 is 1.96 bits per heavy atom. The summed E-state index contributed by atoms with van der Waals surface area (Å²) < 4.78 is 5.40. The molecule has 2 aromatic rings. The van der Waals surface area contributed by atoms with Crippen molar-refractivity contribution in [1.82, 2.24) is 5.43 Å². The molecule has 126 valence electrons. The smallest absolute Gasteiger partial charge is 0.277 e. The molecule has 6 heteroatoms. The van der Waals surface area contributed by atoms with Crippen LogP contribution in [0.3, 0.4) is 0 Å². The monoisotopic (exact) mass is 345 g/mol. The molecule has 0 bridgehead atoms. The van der Waals surface area contributed by atoms with Crippen molar-refractivity contribution in [2.75, 3.05) is 25.6 Å². The van der Waals surface area contributed by atoms with Gasteiger partial charge in [0.2, 0.25) is 0 Å². The van der Waals surface area contributed by atoms with E-state index in [0.29, 0.717) is 10.8 Å². The second-order valence-corrected chi connectivity index (χ2v) is 5.89. The first-order valence-electron chi connectivity index (χ1n) is 7.44. The highest BCUT2D eigenvalue weighted by Crippen LogP contribution is 2.20. The van der Waals surface area contributed by atoms with Crippen molar-refractivity contribution in [2.24, 2.45) is 5.10 Å². The third-order valence-electron chi connectivity index (χ3n) is 3.31. The molecule has 1 N–H and O–H groups in total. The predicted molar refractivity (Wildman–Crippen MR) is 98.2 cm³/mol. The molecule has 24 heavy (non-hydrogen) atoms. The second-order valence-electron chi connectivity index (χ2n) is 5.48. The minimum Gasteiger partial charge on any atom is -0.484 e. The standard InChI is InChI=1S/C18H20ClN3O2/c1-13-10-16(8-9-17(13)19)24-12-18(23)21-20-11-14-4-6-15(7-5-14)22(2)3/h4-11H,12H2,1-3H3,(H,21,23)/b20-11-. The summed E-state index contributed by atoms with van der Waals surface area (Å²) in [4.78, 5) is 13.7. The van der Waals surface area contributed by atoms with Gasteiger partial charge >= 0.3 is 0 Å². The molecule has 0 atom stereocenters. The van der Waals surface area contributed by atoms with Crippen molar-refractivity contribution in [1.29, 1.82) is 0 Å². The van der Waals surface area contributed by atoms with Crippen molar-refractivity contribution in [3.63, 3.8) is 0 Å². The Morgan fingerprint density at radius 1 is 1.25 bits per heavy atom. The Balaban J connectivity index is 1.80. The van der Waals surface area contributed by atoms with E-state index in [2.05, 4.69) is 10.5 Å². The van der Waals surface area contributed by atoms with Gasteiger partial charge in [0.25, 0.3) is 5.91 Å². The number of hydrazone groups is 1. The number of hydrogen-bond donors (Lipinski definition) is 1. The first-order valence-corrected chi connectivity index (χ1v) is 7.82. The Labute approximate surface area is 146 Å². The average molecular weight is 346 g/mol. The fraction of sp³-hybridized carbons (Fsp3) is 0.222. The number of rotatable bonds is 6. The van der Waals surface area contributed by atoms with Crippen LogP contribution < -0.4 is 15.1 Å². The highest BCUT2D eigenvalue weighted by atomic mass is 35.5. The number of aryl methyl sites for hydroxylation is 1. The molecule has 1 amide bonds. The number of carbonyl (C=O) groups is 1. The fourth-order valence-corrected chi connectivity index (χ4v) is 2.04. The van der Waals surface area contributed by atoms with Crippen molar-refractivity contribution < 1.29 is 9.53 Å². The summed E-state index contributed by atoms with van der Waals surface area (Å²) in [6, 6.07) is 13.1. The molecule has 0 aromatic heterocycles. The largest absolute Gasteiger partial charge is 0.484 e. The van der Waals surface area contributed by atoms with Gasteiger partial charge in [-0.1, -0.05) is 23.7 Å². The van der Waals surface area contributed by atoms with Crippen LogP contribution in [0.25, 0.3) is 0 Å². The maximum atomic E-state index is 11.7. The first kappa shape index (κ1) is 17.8. The van der Waals surface area contributed by atoms with Crippen LogP contribution in [0.2, 0.25) is 5.02 Å². The van der Waals surface area contributed by atoms with Crippen LogP contribution in [0.1, 0.15) is 11.1 Å². The molecular weight excluding hydrogens is 326 g/mol. The zero-order chi connectivity index (χ0) is 17.5. The van der Waals surface area contributed by atoms with Gasteiger partial charge in [-0.05, 0) is 48.4 Å². The van der Waals surface area contributed by atoms with Gasteiger partial charge in [0, 0.05) is 24.8 Å². The minimum atomic E-state index is -0.330. The average Bonchev–Trinajstić information content (AvgIpc) is 2.56. The second kappa shape index (κ2) is 8.36. The number of anilines is 1. The quantitative estimate of drug-likeness (QED) is 0.646. The Morgan fingerprint density at radius 3 is 2.58 bits per heavy atom. The van der Waals surface area contributed by atoms with E-state index in [0.717, 1.165) is 16.8 Å². The van der Waals surface area contributed by atoms with E-state index in [9.17, 15) is 4.79 Å². The van der Waals surface area contributed by atoms with Gasteiger partial charge in [0.05, 0.1) is 6.21 Å². The third-order valence-corrected chi connectivity index (χ3v) is 3.74. The molecular formula is C18H20ClN3O2. The van der Waals surface area contributed by atoms with Gasteiger partial charge in [-0.2, -0.15) is 5.10 Å². The summed E-state index contributed by atoms with van der Waals surface area (Å²) in [5.74, 6) is 0.263. The van der Waals surface area contributed by atoms with E-state index in [1.165, 1.54) is 0 Å². The maximum absolute atomic E-state index is 11.7. The Kier molecular flexibility index (Phi) is 6.21. The molecule has 0 spiro atoms. The fourth-order valence-electron chi connectivity index (χ4n) is 1.93. The van der Waals surface area contributed by atoms with E-state index in [1.807, 2.05) is 50.2 Å². The Hall–Kier alpha value is -2.53. The van der Waals surface area contributed by atoms with Gasteiger partial charge in [0.1, 0.15) is 5.75 Å². The first-order chi connectivity index (χ1) is 11.5. The predicted octanol–water partition coefficient (Wildman–Crippen LogP) is 3.24. The number of hydrogen-bond acceptors (Lipinski definition) is 4. The zero-order valence-electron chi connectivity index (χ0n) is 13.9. The van der Waals surface area contributed by atoms with E-state index >= 15 is 0 Å². The molecule has 0 aliphatic rings. The van der Waals surface area contributed by atoms with Gasteiger partial charge in [-0.15, -0.1) is 0 Å². The maximum Gasteiger partial charge on any atom is 0.277 e. The van der Waals surface area contributed by atoms with Crippen molar-refractivity contribution in [3.8, 4) is 5.75 Å². The van der Waals surface area contributed by atoms with Crippen LogP contribution in [0.5, 0.6) is 5.75 Å². The summed E-state index contributed by atoms with van der Waals surface area (Å²) in [7, 11) is 3.96. The van der Waals surface area contributed by atoms with Gasteiger partial charge < -0.3 is 9.64 Å². The number of amides is 1. The lowest BCUT2D eigenvalue weighted by atomic mass is 10.2. The lowest BCUT2D eigenvalue weighted by molar-refractivity contribution is -0.123. The highest BCUT2D eigenvalue weighted by molar-refractivity contribution is 6.31. The molecule has 0 radical (unpaired) electrons. The number of ether oxygens (including phenoxy) is 1. The molecule has 5 nitrogen and oxygen atoms in total.